The van der Waals surface area contributed by atoms with Crippen LogP contribution in [0.15, 0.2) is 0 Å². The number of rotatable bonds is 2. The molecular formula is C8H17KN2. The van der Waals surface area contributed by atoms with Crippen LogP contribution in [0.2, 0.25) is 0 Å². The summed E-state index contributed by atoms with van der Waals surface area (Å²) < 4.78 is 0. The third-order valence-corrected chi connectivity index (χ3v) is 2.34. The maximum atomic E-state index is 5.48. The minimum absolute atomic E-state index is 0. The smallest absolute Gasteiger partial charge is 0.337 e. The Hall–Kier alpha value is 1.56. The van der Waals surface area contributed by atoms with Gasteiger partial charge in [-0.2, -0.15) is 5.41 Å². The molecule has 0 radical (unpaired) electrons. The van der Waals surface area contributed by atoms with Gasteiger partial charge in [-0.15, -0.1) is 0 Å². The van der Waals surface area contributed by atoms with E-state index < -0.39 is 0 Å². The quantitative estimate of drug-likeness (QED) is 0.365. The predicted molar refractivity (Wildman–Crippen MR) is 43.6 cm³/mol. The second-order valence-electron chi connectivity index (χ2n) is 3.29. The van der Waals surface area contributed by atoms with E-state index in [0.29, 0.717) is 5.41 Å². The van der Waals surface area contributed by atoms with Crippen LogP contribution in [-0.2, 0) is 0 Å². The van der Waals surface area contributed by atoms with Crippen molar-refractivity contribution in [1.82, 2.24) is 5.32 Å². The van der Waals surface area contributed by atoms with E-state index in [0.717, 1.165) is 26.1 Å². The molecule has 0 aliphatic carbocycles. The van der Waals surface area contributed by atoms with E-state index in [4.69, 9.17) is 5.73 Å². The Labute approximate surface area is 112 Å². The number of hydrogen-bond acceptors (Lipinski definition) is 2. The molecule has 3 heteroatoms. The van der Waals surface area contributed by atoms with Gasteiger partial charge in [0.2, 0.25) is 0 Å². The van der Waals surface area contributed by atoms with Crippen LogP contribution in [0.5, 0.6) is 0 Å². The number of nitrogens with one attached hydrogen (secondary N) is 1. The topological polar surface area (TPSA) is 38.0 Å². The van der Waals surface area contributed by atoms with Gasteiger partial charge in [-0.1, -0.05) is 19.3 Å². The SMILES string of the molecule is [CH2-]C1(CCN)CCNCC1.[K+]. The van der Waals surface area contributed by atoms with Crippen molar-refractivity contribution in [2.45, 2.75) is 19.3 Å². The van der Waals surface area contributed by atoms with Crippen molar-refractivity contribution in [3.63, 3.8) is 0 Å². The van der Waals surface area contributed by atoms with Crippen molar-refractivity contribution in [3.8, 4) is 0 Å². The van der Waals surface area contributed by atoms with Crippen molar-refractivity contribution < 1.29 is 51.4 Å². The van der Waals surface area contributed by atoms with Crippen LogP contribution in [0.3, 0.4) is 0 Å². The van der Waals surface area contributed by atoms with E-state index in [9.17, 15) is 0 Å². The number of piperidine rings is 1. The molecule has 0 aromatic carbocycles. The van der Waals surface area contributed by atoms with Crippen LogP contribution in [0.4, 0.5) is 0 Å². The van der Waals surface area contributed by atoms with Crippen LogP contribution in [0, 0.1) is 12.3 Å². The zero-order valence-corrected chi connectivity index (χ0v) is 10.7. The summed E-state index contributed by atoms with van der Waals surface area (Å²) >= 11 is 0. The van der Waals surface area contributed by atoms with Crippen LogP contribution in [-0.4, -0.2) is 19.6 Å². The monoisotopic (exact) mass is 180 g/mol. The van der Waals surface area contributed by atoms with E-state index >= 15 is 0 Å². The van der Waals surface area contributed by atoms with E-state index in [2.05, 4.69) is 12.2 Å². The summed E-state index contributed by atoms with van der Waals surface area (Å²) in [5, 5.41) is 3.32. The zero-order valence-electron chi connectivity index (χ0n) is 7.53. The van der Waals surface area contributed by atoms with E-state index in [-0.39, 0.29) is 51.4 Å². The van der Waals surface area contributed by atoms with Gasteiger partial charge in [-0.05, 0) is 19.6 Å². The van der Waals surface area contributed by atoms with Crippen molar-refractivity contribution in [3.05, 3.63) is 6.92 Å². The first-order valence-electron chi connectivity index (χ1n) is 4.03. The van der Waals surface area contributed by atoms with Crippen molar-refractivity contribution in [2.24, 2.45) is 11.1 Å². The van der Waals surface area contributed by atoms with Gasteiger partial charge in [0.15, 0.2) is 0 Å². The molecular weight excluding hydrogens is 163 g/mol. The summed E-state index contributed by atoms with van der Waals surface area (Å²) in [6, 6.07) is 0. The Balaban J connectivity index is 0.000001000. The van der Waals surface area contributed by atoms with Gasteiger partial charge in [0.25, 0.3) is 0 Å². The van der Waals surface area contributed by atoms with Crippen molar-refractivity contribution >= 4 is 0 Å². The standard InChI is InChI=1S/C8H17N2.K/c1-8(2-5-9)3-6-10-7-4-8;/h10H,1-7,9H2;/q-1;+1. The summed E-state index contributed by atoms with van der Waals surface area (Å²) in [7, 11) is 0. The average Bonchev–Trinajstić information content (AvgIpc) is 1.89. The Kier molecular flexibility index (Phi) is 6.94. The van der Waals surface area contributed by atoms with Gasteiger partial charge >= 0.3 is 51.4 Å². The zero-order chi connectivity index (χ0) is 7.45. The van der Waals surface area contributed by atoms with Gasteiger partial charge in [-0.25, -0.2) is 0 Å². The molecule has 1 aliphatic heterocycles. The number of hydrogen-bond donors (Lipinski definition) is 2. The van der Waals surface area contributed by atoms with Crippen LogP contribution in [0.1, 0.15) is 19.3 Å². The van der Waals surface area contributed by atoms with Gasteiger partial charge < -0.3 is 18.0 Å². The minimum atomic E-state index is 0. The normalized spacial score (nSPS) is 22.4. The summed E-state index contributed by atoms with van der Waals surface area (Å²) in [4.78, 5) is 0. The number of nitrogens with two attached hydrogens (primary N) is 1. The molecule has 1 fully saturated rings. The first kappa shape index (κ1) is 12.6. The van der Waals surface area contributed by atoms with Gasteiger partial charge in [0.1, 0.15) is 0 Å². The third-order valence-electron chi connectivity index (χ3n) is 2.34. The molecule has 0 bridgehead atoms. The maximum absolute atomic E-state index is 5.48. The van der Waals surface area contributed by atoms with E-state index in [1.807, 2.05) is 0 Å². The van der Waals surface area contributed by atoms with E-state index in [1.165, 1.54) is 12.8 Å². The molecule has 2 nitrogen and oxygen atoms in total. The molecule has 1 rings (SSSR count). The molecule has 3 N–H and O–H groups in total. The summed E-state index contributed by atoms with van der Waals surface area (Å²) in [6.07, 6.45) is 3.45. The Morgan fingerprint density at radius 1 is 1.36 bits per heavy atom. The van der Waals surface area contributed by atoms with Crippen molar-refractivity contribution in [2.75, 3.05) is 19.6 Å². The van der Waals surface area contributed by atoms with Crippen molar-refractivity contribution in [1.29, 1.82) is 0 Å². The molecule has 1 aliphatic rings. The predicted octanol–water partition coefficient (Wildman–Crippen LogP) is -2.46. The molecule has 0 saturated carbocycles. The Morgan fingerprint density at radius 3 is 2.36 bits per heavy atom. The molecule has 11 heavy (non-hydrogen) atoms. The van der Waals surface area contributed by atoms with Crippen LogP contribution < -0.4 is 62.4 Å². The fraction of sp³-hybridized carbons (Fsp3) is 0.875. The average molecular weight is 180 g/mol. The Morgan fingerprint density at radius 2 is 1.91 bits per heavy atom. The summed E-state index contributed by atoms with van der Waals surface area (Å²) in [5.41, 5.74) is 5.78. The molecule has 0 aromatic rings. The fourth-order valence-corrected chi connectivity index (χ4v) is 1.51. The third kappa shape index (κ3) is 4.36. The summed E-state index contributed by atoms with van der Waals surface area (Å²) in [6.45, 7) is 7.21. The van der Waals surface area contributed by atoms with E-state index in [1.54, 1.807) is 0 Å². The molecule has 1 heterocycles. The fourth-order valence-electron chi connectivity index (χ4n) is 1.51. The first-order valence-corrected chi connectivity index (χ1v) is 4.03. The maximum Gasteiger partial charge on any atom is 1.00 e. The van der Waals surface area contributed by atoms with Gasteiger partial charge in [-0.3, -0.25) is 0 Å². The van der Waals surface area contributed by atoms with Crippen LogP contribution >= 0.6 is 0 Å². The molecule has 1 saturated heterocycles. The molecule has 0 atom stereocenters. The largest absolute Gasteiger partial charge is 1.00 e. The van der Waals surface area contributed by atoms with Gasteiger partial charge in [0.05, 0.1) is 0 Å². The molecule has 60 valence electrons. The molecule has 0 spiro atoms. The molecule has 0 amide bonds. The molecule has 0 unspecified atom stereocenters. The Bertz CT molecular complexity index is 94.8. The second-order valence-corrected chi connectivity index (χ2v) is 3.29. The molecule has 0 aromatic heterocycles. The summed E-state index contributed by atoms with van der Waals surface area (Å²) in [5.74, 6) is 0. The van der Waals surface area contributed by atoms with Crippen LogP contribution in [0.25, 0.3) is 0 Å². The second kappa shape index (κ2) is 6.08. The first-order chi connectivity index (χ1) is 4.77. The minimum Gasteiger partial charge on any atom is -0.337 e. The van der Waals surface area contributed by atoms with Gasteiger partial charge in [0, 0.05) is 0 Å².